The van der Waals surface area contributed by atoms with Crippen molar-refractivity contribution in [1.29, 1.82) is 0 Å². The first kappa shape index (κ1) is 69.8. The van der Waals surface area contributed by atoms with Crippen molar-refractivity contribution < 1.29 is 74.8 Å². The van der Waals surface area contributed by atoms with Crippen molar-refractivity contribution in [3.8, 4) is 5.75 Å². The molecular weight excluding hydrogens is 1310 g/mol. The number of hydrogen-bond acceptors (Lipinski definition) is 14. The number of nitrogens with zero attached hydrogens (tertiary/aromatic N) is 4. The van der Waals surface area contributed by atoms with Gasteiger partial charge in [-0.3, -0.25) is 4.79 Å². The van der Waals surface area contributed by atoms with E-state index in [2.05, 4.69) is 54.6 Å². The maximum atomic E-state index is 15.3. The zero-order valence-corrected chi connectivity index (χ0v) is 58.8. The lowest BCUT2D eigenvalue weighted by molar-refractivity contribution is -0.816. The molecule has 2 amide bonds. The summed E-state index contributed by atoms with van der Waals surface area (Å²) in [6.07, 6.45) is 11.5. The molecule has 2 unspecified atom stereocenters. The highest BCUT2D eigenvalue weighted by Crippen LogP contribution is 2.53. The van der Waals surface area contributed by atoms with Gasteiger partial charge < -0.3 is 52.4 Å². The average Bonchev–Trinajstić information content (AvgIpc) is 1.59. The minimum atomic E-state index is -2.88. The molecule has 0 bridgehead atoms. The van der Waals surface area contributed by atoms with Crippen LogP contribution in [0.5, 0.6) is 5.75 Å². The molecular formula is C63H78Cl6N4O14Si2+2. The van der Waals surface area contributed by atoms with E-state index in [1.807, 2.05) is 61.6 Å². The van der Waals surface area contributed by atoms with Gasteiger partial charge in [0, 0.05) is 17.7 Å². The highest BCUT2D eigenvalue weighted by molar-refractivity contribution is 6.74. The molecule has 0 fully saturated rings. The number of allylic oxidation sites excluding steroid dienone is 8. The van der Waals surface area contributed by atoms with Gasteiger partial charge in [-0.2, -0.15) is 19.1 Å². The van der Waals surface area contributed by atoms with Gasteiger partial charge >= 0.3 is 12.2 Å². The topological polar surface area (TPSA) is 186 Å². The van der Waals surface area contributed by atoms with Crippen molar-refractivity contribution in [1.82, 2.24) is 0 Å². The number of carbonyl (C=O) groups is 3. The van der Waals surface area contributed by atoms with Crippen LogP contribution in [0.2, 0.25) is 36.3 Å². The zero-order chi connectivity index (χ0) is 65.5. The highest BCUT2D eigenvalue weighted by Gasteiger charge is 2.67. The van der Waals surface area contributed by atoms with E-state index in [0.717, 1.165) is 38.0 Å². The first-order chi connectivity index (χ1) is 41.6. The van der Waals surface area contributed by atoms with Crippen LogP contribution in [-0.2, 0) is 37.3 Å². The van der Waals surface area contributed by atoms with Crippen molar-refractivity contribution >= 4 is 128 Å². The fourth-order valence-electron chi connectivity index (χ4n) is 11.0. The summed E-state index contributed by atoms with van der Waals surface area (Å²) < 4.78 is 53.1. The summed E-state index contributed by atoms with van der Waals surface area (Å²) in [6.45, 7) is 19.6. The molecule has 6 atom stereocenters. The van der Waals surface area contributed by atoms with Crippen LogP contribution < -0.4 is 4.74 Å². The van der Waals surface area contributed by atoms with E-state index in [-0.39, 0.29) is 65.5 Å². The number of aldehydes is 1. The smallest absolute Gasteiger partial charge is 0.528 e. The molecule has 0 N–H and O–H groups in total. The molecule has 0 aromatic heterocycles. The molecule has 0 saturated heterocycles. The minimum Gasteiger partial charge on any atom is -0.618 e. The van der Waals surface area contributed by atoms with Gasteiger partial charge in [0.15, 0.2) is 29.0 Å². The lowest BCUT2D eigenvalue weighted by atomic mass is 9.85. The molecule has 0 saturated carbocycles. The van der Waals surface area contributed by atoms with Gasteiger partial charge in [0.1, 0.15) is 37.1 Å². The van der Waals surface area contributed by atoms with Crippen LogP contribution in [0.4, 0.5) is 9.59 Å². The zero-order valence-electron chi connectivity index (χ0n) is 52.3. The fourth-order valence-corrected chi connectivity index (χ4v) is 13.9. The molecule has 6 aliphatic rings. The molecule has 4 aliphatic heterocycles. The normalized spacial score (nSPS) is 23.9. The molecule has 8 rings (SSSR count). The summed E-state index contributed by atoms with van der Waals surface area (Å²) in [5.74, 6) is -0.390. The van der Waals surface area contributed by atoms with E-state index < -0.39 is 87.9 Å². The van der Waals surface area contributed by atoms with Crippen LogP contribution in [0.15, 0.2) is 131 Å². The Morgan fingerprint density at radius 2 is 0.966 bits per heavy atom. The number of hydroxylamine groups is 2. The third-order valence-electron chi connectivity index (χ3n) is 17.7. The predicted molar refractivity (Wildman–Crippen MR) is 350 cm³/mol. The number of hydrogen-bond donors (Lipinski definition) is 0. The third kappa shape index (κ3) is 14.6. The second-order valence-corrected chi connectivity index (χ2v) is 40.1. The predicted octanol–water partition coefficient (Wildman–Crippen LogP) is 15.9. The number of quaternary nitrogens is 2. The van der Waals surface area contributed by atoms with Gasteiger partial charge in [-0.05, 0) is 103 Å². The number of carbonyl (C=O) groups excluding carboxylic acids is 3. The van der Waals surface area contributed by atoms with E-state index in [4.69, 9.17) is 112 Å². The quantitative estimate of drug-likeness (QED) is 0.0232. The van der Waals surface area contributed by atoms with Gasteiger partial charge in [-0.15, -0.1) is 8.97 Å². The number of fused-ring (bicyclic) bond motifs is 4. The molecule has 26 heteroatoms. The van der Waals surface area contributed by atoms with Crippen LogP contribution in [-0.4, -0.2) is 134 Å². The summed E-state index contributed by atoms with van der Waals surface area (Å²) in [6, 6.07) is 14.7. The second kappa shape index (κ2) is 26.9. The Labute approximate surface area is 553 Å². The summed E-state index contributed by atoms with van der Waals surface area (Å²) in [5.41, 5.74) is 4.75. The monoisotopic (exact) mass is 1380 g/mol. The Morgan fingerprint density at radius 3 is 1.30 bits per heavy atom. The number of benzene rings is 2. The number of unbranched alkanes of at least 4 members (excludes halogenated alkanes) is 2. The number of alkyl halides is 6. The molecule has 18 nitrogen and oxygen atoms in total. The number of methoxy groups -OCH3 is 3. The SMILES string of the molecule is COC1=C2C=[N+]([O-])C3=CC=C(c4ccc(C=O)cc4)C[C@@H]3[C@H](O[Si](C)(C)C(C)(C)C)[N+]2(C(=O)OCC(Cl)(Cl)Cl)C=C1OCCCCCOC1=C[N+]2(C(=O)OCC(Cl)(Cl)Cl)C(=C1OC)C=[N+]([O-])C1=CC=C(c3ccc(OC)cc3)C[C@@H]1[C@@H]2O[Si](C)(C)C(C)(C)C. The van der Waals surface area contributed by atoms with E-state index in [0.29, 0.717) is 42.0 Å². The van der Waals surface area contributed by atoms with Crippen LogP contribution in [0.3, 0.4) is 0 Å². The van der Waals surface area contributed by atoms with E-state index in [9.17, 15) is 15.2 Å². The molecule has 0 radical (unpaired) electrons. The first-order valence-corrected chi connectivity index (χ1v) is 37.2. The summed E-state index contributed by atoms with van der Waals surface area (Å²) in [5, 5.41) is 28.5. The van der Waals surface area contributed by atoms with Crippen molar-refractivity contribution in [2.75, 3.05) is 47.8 Å². The van der Waals surface area contributed by atoms with Gasteiger partial charge in [-0.1, -0.05) is 160 Å². The van der Waals surface area contributed by atoms with E-state index in [1.165, 1.54) is 26.6 Å². The number of halogens is 6. The summed E-state index contributed by atoms with van der Waals surface area (Å²) >= 11 is 37.4. The largest absolute Gasteiger partial charge is 0.618 e. The Bertz CT molecular complexity index is 3400. The number of rotatable bonds is 20. The molecule has 482 valence electrons. The minimum absolute atomic E-state index is 0.0758. The Morgan fingerprint density at radius 1 is 0.584 bits per heavy atom. The maximum absolute atomic E-state index is 15.3. The third-order valence-corrected chi connectivity index (χ3v) is 27.3. The maximum Gasteiger partial charge on any atom is 0.528 e. The molecule has 0 spiro atoms. The first-order valence-electron chi connectivity index (χ1n) is 29.1. The summed E-state index contributed by atoms with van der Waals surface area (Å²) in [4.78, 5) is 42.2. The van der Waals surface area contributed by atoms with Crippen LogP contribution in [0.25, 0.3) is 11.1 Å². The summed E-state index contributed by atoms with van der Waals surface area (Å²) in [7, 11) is -1.33. The number of amides is 2. The molecule has 2 aromatic carbocycles. The van der Waals surface area contributed by atoms with Crippen LogP contribution >= 0.6 is 69.6 Å². The van der Waals surface area contributed by atoms with Crippen molar-refractivity contribution in [3.63, 3.8) is 0 Å². The second-order valence-electron chi connectivity index (χ2n) is 25.6. The standard InChI is InChI=1S/C63H78Cl6N4O14Si2/c1-60(2,3)88(10,11)86-56-46-31-43(41-19-17-40(37-74)18-20-41)23-27-48(46)70(77)33-50-54(80-8)52(35-72(50,56)58(75)84-38-62(64,65)66)82-29-15-14-16-30-83-53-36-73(59(76)85-39-63(67,68)69)51(55(53)81-9)34-71(78)49-28-24-44(42-21-25-45(79-7)26-22-42)32-47(49)57(73)87-89(12,13)61(4,5)6/h17-28,33-37,46-47,56-57H,14-16,29-32,38-39H2,1-13H3/q+2/t46-,47-,56-,57-,72?,73?/m0/s1. The Balaban J connectivity index is 1.10. The highest BCUT2D eigenvalue weighted by atomic mass is 35.6. The van der Waals surface area contributed by atoms with Gasteiger partial charge in [0.2, 0.25) is 66.9 Å². The molecule has 2 aromatic rings. The van der Waals surface area contributed by atoms with Crippen LogP contribution in [0.1, 0.15) is 95.1 Å². The molecule has 4 heterocycles. The van der Waals surface area contributed by atoms with Crippen molar-refractivity contribution in [2.24, 2.45) is 11.8 Å². The fraction of sp³-hybridized carbons (Fsp3) is 0.476. The van der Waals surface area contributed by atoms with Gasteiger partial charge in [0.05, 0.1) is 34.5 Å². The lowest BCUT2D eigenvalue weighted by Crippen LogP contribution is -2.62. The Hall–Kier alpha value is -5.08. The average molecular weight is 1380 g/mol. The number of ether oxygens (including phenoxy) is 7. The van der Waals surface area contributed by atoms with Crippen LogP contribution in [0, 0.1) is 22.3 Å². The van der Waals surface area contributed by atoms with E-state index in [1.54, 1.807) is 43.8 Å². The van der Waals surface area contributed by atoms with Crippen molar-refractivity contribution in [2.45, 2.75) is 130 Å². The lowest BCUT2D eigenvalue weighted by Gasteiger charge is -2.44. The molecule has 89 heavy (non-hydrogen) atoms. The van der Waals surface area contributed by atoms with Gasteiger partial charge in [-0.25, -0.2) is 0 Å². The Kier molecular flexibility index (Phi) is 21.1. The van der Waals surface area contributed by atoms with E-state index >= 15 is 9.59 Å². The van der Waals surface area contributed by atoms with Crippen molar-refractivity contribution in [3.05, 3.63) is 158 Å². The van der Waals surface area contributed by atoms with Gasteiger partial charge in [0.25, 0.3) is 11.4 Å². The molecule has 2 aliphatic carbocycles.